The van der Waals surface area contributed by atoms with Gasteiger partial charge < -0.3 is 0 Å². The van der Waals surface area contributed by atoms with Crippen molar-refractivity contribution in [1.82, 2.24) is 9.66 Å². The first-order valence-electron chi connectivity index (χ1n) is 10.7. The van der Waals surface area contributed by atoms with Gasteiger partial charge >= 0.3 is 0 Å². The van der Waals surface area contributed by atoms with E-state index >= 15 is 0 Å². The highest BCUT2D eigenvalue weighted by Gasteiger charge is 2.08. The van der Waals surface area contributed by atoms with Crippen LogP contribution in [0.2, 0.25) is 0 Å². The fourth-order valence-electron chi connectivity index (χ4n) is 3.45. The minimum absolute atomic E-state index is 0.617. The third-order valence-electron chi connectivity index (χ3n) is 5.21. The molecule has 0 fully saturated rings. The monoisotopic (exact) mass is 457 g/mol. The zero-order valence-electron chi connectivity index (χ0n) is 18.1. The van der Waals surface area contributed by atoms with Gasteiger partial charge in [0.05, 0.1) is 35.4 Å². The highest BCUT2D eigenvalue weighted by atomic mass is 32.1. The topological polar surface area (TPSA) is 66.3 Å². The van der Waals surface area contributed by atoms with Gasteiger partial charge in [0.15, 0.2) is 0 Å². The molecule has 162 valence electrons. The van der Waals surface area contributed by atoms with Crippen LogP contribution in [0.4, 0.5) is 5.69 Å². The van der Waals surface area contributed by atoms with Crippen molar-refractivity contribution in [3.63, 3.8) is 0 Å². The van der Waals surface area contributed by atoms with Gasteiger partial charge in [-0.1, -0.05) is 66.7 Å². The Bertz CT molecular complexity index is 1520. The third kappa shape index (κ3) is 4.75. The number of thiazole rings is 1. The Morgan fingerprint density at radius 3 is 2.26 bits per heavy atom. The minimum atomic E-state index is 0.617. The zero-order chi connectivity index (χ0) is 23.2. The van der Waals surface area contributed by atoms with Crippen molar-refractivity contribution >= 4 is 23.2 Å². The van der Waals surface area contributed by atoms with E-state index in [9.17, 15) is 0 Å². The van der Waals surface area contributed by atoms with E-state index in [1.807, 2.05) is 47.1 Å². The van der Waals surface area contributed by atoms with Gasteiger partial charge in [0.25, 0.3) is 0 Å². The SMILES string of the molecule is N#Cc1ccc(C=Nn2c(-c3ccc(-c4ccccc4)cc3)csc2=Nc2cccnc2)cc1. The largest absolute Gasteiger partial charge is 0.262 e. The smallest absolute Gasteiger partial charge is 0.211 e. The van der Waals surface area contributed by atoms with Crippen molar-refractivity contribution < 1.29 is 0 Å². The number of pyridine rings is 1. The maximum atomic E-state index is 9.04. The number of nitriles is 1. The Hall–Kier alpha value is -4.60. The predicted molar refractivity (Wildman–Crippen MR) is 137 cm³/mol. The van der Waals surface area contributed by atoms with E-state index in [-0.39, 0.29) is 0 Å². The maximum Gasteiger partial charge on any atom is 0.211 e. The average molecular weight is 458 g/mol. The Morgan fingerprint density at radius 1 is 0.824 bits per heavy atom. The van der Waals surface area contributed by atoms with E-state index in [0.717, 1.165) is 32.9 Å². The summed E-state index contributed by atoms with van der Waals surface area (Å²) in [6, 6.07) is 32.0. The molecule has 0 aliphatic heterocycles. The van der Waals surface area contributed by atoms with Crippen LogP contribution >= 0.6 is 11.3 Å². The summed E-state index contributed by atoms with van der Waals surface area (Å²) in [5.41, 5.74) is 6.60. The fraction of sp³-hybridized carbons (Fsp3) is 0. The van der Waals surface area contributed by atoms with Gasteiger partial charge in [-0.05, 0) is 41.0 Å². The van der Waals surface area contributed by atoms with E-state index in [0.29, 0.717) is 5.56 Å². The summed E-state index contributed by atoms with van der Waals surface area (Å²) in [5.74, 6) is 0. The normalized spacial score (nSPS) is 11.6. The van der Waals surface area contributed by atoms with E-state index in [1.165, 1.54) is 16.9 Å². The summed E-state index contributed by atoms with van der Waals surface area (Å²) in [5, 5.41) is 15.8. The maximum absolute atomic E-state index is 9.04. The fourth-order valence-corrected chi connectivity index (χ4v) is 4.31. The number of hydrogen-bond acceptors (Lipinski definition) is 5. The second-order valence-electron chi connectivity index (χ2n) is 7.46. The van der Waals surface area contributed by atoms with E-state index in [2.05, 4.69) is 52.8 Å². The molecule has 5 aromatic rings. The summed E-state index contributed by atoms with van der Waals surface area (Å²) in [6.07, 6.45) is 5.23. The van der Waals surface area contributed by atoms with Gasteiger partial charge in [0.1, 0.15) is 0 Å². The molecule has 0 amide bonds. The van der Waals surface area contributed by atoms with Gasteiger partial charge in [-0.3, -0.25) is 4.98 Å². The summed E-state index contributed by atoms with van der Waals surface area (Å²) in [7, 11) is 0. The first kappa shape index (κ1) is 21.3. The lowest BCUT2D eigenvalue weighted by Crippen LogP contribution is -2.11. The summed E-state index contributed by atoms with van der Waals surface area (Å²) < 4.78 is 1.84. The highest BCUT2D eigenvalue weighted by molar-refractivity contribution is 7.07. The van der Waals surface area contributed by atoms with Gasteiger partial charge in [0.2, 0.25) is 4.80 Å². The van der Waals surface area contributed by atoms with Crippen LogP contribution in [0.1, 0.15) is 11.1 Å². The first-order chi connectivity index (χ1) is 16.8. The van der Waals surface area contributed by atoms with Crippen molar-refractivity contribution in [2.24, 2.45) is 10.1 Å². The lowest BCUT2D eigenvalue weighted by molar-refractivity contribution is 0.854. The molecule has 0 saturated heterocycles. The summed E-state index contributed by atoms with van der Waals surface area (Å²) >= 11 is 1.52. The van der Waals surface area contributed by atoms with Crippen LogP contribution in [-0.4, -0.2) is 15.9 Å². The molecule has 0 spiro atoms. The summed E-state index contributed by atoms with van der Waals surface area (Å²) in [4.78, 5) is 9.65. The lowest BCUT2D eigenvalue weighted by Gasteiger charge is -2.06. The molecule has 2 aromatic heterocycles. The molecule has 0 atom stereocenters. The molecule has 2 heterocycles. The molecule has 3 aromatic carbocycles. The van der Waals surface area contributed by atoms with Crippen molar-refractivity contribution in [2.75, 3.05) is 0 Å². The van der Waals surface area contributed by atoms with Crippen LogP contribution in [0.5, 0.6) is 0 Å². The first-order valence-corrected chi connectivity index (χ1v) is 11.5. The van der Waals surface area contributed by atoms with Crippen LogP contribution in [0.15, 0.2) is 119 Å². The van der Waals surface area contributed by atoms with Crippen molar-refractivity contribution in [3.8, 4) is 28.5 Å². The molecule has 0 bridgehead atoms. The molecule has 6 heteroatoms. The Balaban J connectivity index is 1.56. The number of nitrogens with zero attached hydrogens (tertiary/aromatic N) is 5. The van der Waals surface area contributed by atoms with Crippen LogP contribution in [0, 0.1) is 11.3 Å². The zero-order valence-corrected chi connectivity index (χ0v) is 18.9. The van der Waals surface area contributed by atoms with E-state index < -0.39 is 0 Å². The van der Waals surface area contributed by atoms with Crippen molar-refractivity contribution in [1.29, 1.82) is 5.26 Å². The Morgan fingerprint density at radius 2 is 1.56 bits per heavy atom. The van der Waals surface area contributed by atoms with E-state index in [4.69, 9.17) is 15.4 Å². The molecular formula is C28H19N5S. The molecule has 0 aliphatic carbocycles. The second kappa shape index (κ2) is 9.90. The van der Waals surface area contributed by atoms with Crippen LogP contribution in [0.3, 0.4) is 0 Å². The van der Waals surface area contributed by atoms with Crippen LogP contribution in [0.25, 0.3) is 22.4 Å². The third-order valence-corrected chi connectivity index (χ3v) is 6.02. The number of benzene rings is 3. The van der Waals surface area contributed by atoms with Crippen LogP contribution in [-0.2, 0) is 0 Å². The molecule has 5 nitrogen and oxygen atoms in total. The quantitative estimate of drug-likeness (QED) is 0.292. The highest BCUT2D eigenvalue weighted by Crippen LogP contribution is 2.25. The molecule has 34 heavy (non-hydrogen) atoms. The van der Waals surface area contributed by atoms with Crippen molar-refractivity contribution in [2.45, 2.75) is 0 Å². The molecule has 0 aliphatic rings. The second-order valence-corrected chi connectivity index (χ2v) is 8.30. The molecule has 0 radical (unpaired) electrons. The summed E-state index contributed by atoms with van der Waals surface area (Å²) in [6.45, 7) is 0. The van der Waals surface area contributed by atoms with Gasteiger partial charge in [-0.25, -0.2) is 9.67 Å². The van der Waals surface area contributed by atoms with Crippen LogP contribution < -0.4 is 4.80 Å². The van der Waals surface area contributed by atoms with Gasteiger partial charge in [-0.2, -0.15) is 10.4 Å². The number of hydrogen-bond donors (Lipinski definition) is 0. The Labute approximate surface area is 201 Å². The standard InChI is InChI=1S/C28H19N5S/c29-17-21-8-10-22(11-9-21)18-31-33-27(20-34-28(33)32-26-7-4-16-30-19-26)25-14-12-24(13-15-25)23-5-2-1-3-6-23/h1-16,18-20H. The molecule has 0 unspecified atom stereocenters. The van der Waals surface area contributed by atoms with E-state index in [1.54, 1.807) is 30.7 Å². The van der Waals surface area contributed by atoms with Gasteiger partial charge in [-0.15, -0.1) is 11.3 Å². The van der Waals surface area contributed by atoms with Crippen molar-refractivity contribution in [3.05, 3.63) is 125 Å². The molecular weight excluding hydrogens is 438 g/mol. The molecule has 0 saturated carbocycles. The number of aromatic nitrogens is 2. The minimum Gasteiger partial charge on any atom is -0.262 e. The van der Waals surface area contributed by atoms with Gasteiger partial charge in [0, 0.05) is 17.1 Å². The average Bonchev–Trinajstić information content (AvgIpc) is 3.31. The lowest BCUT2D eigenvalue weighted by atomic mass is 10.0. The number of rotatable bonds is 5. The molecule has 0 N–H and O–H groups in total. The Kier molecular flexibility index (Phi) is 6.19. The molecule has 5 rings (SSSR count). The predicted octanol–water partition coefficient (Wildman–Crippen LogP) is 6.26.